The molecule has 0 spiro atoms. The summed E-state index contributed by atoms with van der Waals surface area (Å²) in [4.78, 5) is 13.9. The Bertz CT molecular complexity index is 238. The molecule has 1 aromatic rings. The summed E-state index contributed by atoms with van der Waals surface area (Å²) in [6, 6.07) is 3.17. The molecule has 4 nitrogen and oxygen atoms in total. The maximum Gasteiger partial charge on any atom is 0.207 e. The first-order chi connectivity index (χ1) is 5.88. The molecule has 0 fully saturated rings. The summed E-state index contributed by atoms with van der Waals surface area (Å²) in [5.41, 5.74) is 0.847. The Balaban J connectivity index is 2.72. The number of aromatic nitrogens is 1. The highest BCUT2D eigenvalue weighted by Crippen LogP contribution is 2.08. The van der Waals surface area contributed by atoms with Crippen LogP contribution in [0.5, 0.6) is 0 Å². The zero-order chi connectivity index (χ0) is 8.81. The first-order valence-electron chi connectivity index (χ1n) is 3.59. The smallest absolute Gasteiger partial charge is 0.207 e. The van der Waals surface area contributed by atoms with Crippen LogP contribution in [0.1, 0.15) is 11.6 Å². The lowest BCUT2D eigenvalue weighted by atomic mass is 10.1. The van der Waals surface area contributed by atoms with Crippen LogP contribution in [0, 0.1) is 0 Å². The Labute approximate surface area is 70.3 Å². The van der Waals surface area contributed by atoms with Gasteiger partial charge in [0.2, 0.25) is 6.41 Å². The fourth-order valence-electron chi connectivity index (χ4n) is 0.932. The third-order valence-corrected chi connectivity index (χ3v) is 1.56. The molecule has 0 saturated carbocycles. The van der Waals surface area contributed by atoms with Crippen molar-refractivity contribution < 1.29 is 9.90 Å². The second-order valence-electron chi connectivity index (χ2n) is 2.30. The van der Waals surface area contributed by atoms with Gasteiger partial charge in [-0.05, 0) is 17.7 Å². The lowest BCUT2D eigenvalue weighted by Gasteiger charge is -2.12. The topological polar surface area (TPSA) is 62.2 Å². The van der Waals surface area contributed by atoms with Gasteiger partial charge in [0.15, 0.2) is 0 Å². The molecule has 0 aromatic carbocycles. The Morgan fingerprint density at radius 3 is 2.75 bits per heavy atom. The van der Waals surface area contributed by atoms with Crippen LogP contribution in [0.2, 0.25) is 0 Å². The van der Waals surface area contributed by atoms with Gasteiger partial charge in [-0.2, -0.15) is 0 Å². The standard InChI is InChI=1S/C8H10N2O2/c11-5-8(10-6-12)7-1-3-9-4-2-7/h1-4,6,8,11H,5H2,(H,10,12)/t8-/m1/s1. The summed E-state index contributed by atoms with van der Waals surface area (Å²) in [6.45, 7) is -0.108. The van der Waals surface area contributed by atoms with E-state index < -0.39 is 0 Å². The summed E-state index contributed by atoms with van der Waals surface area (Å²) in [7, 11) is 0. The molecular weight excluding hydrogens is 156 g/mol. The average molecular weight is 166 g/mol. The maximum absolute atomic E-state index is 10.1. The molecule has 0 unspecified atom stereocenters. The van der Waals surface area contributed by atoms with Crippen molar-refractivity contribution in [3.8, 4) is 0 Å². The summed E-state index contributed by atoms with van der Waals surface area (Å²) >= 11 is 0. The molecule has 64 valence electrons. The van der Waals surface area contributed by atoms with Crippen molar-refractivity contribution in [3.63, 3.8) is 0 Å². The average Bonchev–Trinajstić information content (AvgIpc) is 2.15. The predicted molar refractivity (Wildman–Crippen MR) is 43.3 cm³/mol. The molecule has 0 aliphatic carbocycles. The molecule has 0 aliphatic heterocycles. The summed E-state index contributed by atoms with van der Waals surface area (Å²) < 4.78 is 0. The van der Waals surface area contributed by atoms with Crippen molar-refractivity contribution in [2.45, 2.75) is 6.04 Å². The Kier molecular flexibility index (Phi) is 3.22. The van der Waals surface area contributed by atoms with Gasteiger partial charge >= 0.3 is 0 Å². The molecular formula is C8H10N2O2. The molecule has 2 N–H and O–H groups in total. The molecule has 1 rings (SSSR count). The van der Waals surface area contributed by atoms with E-state index in [9.17, 15) is 4.79 Å². The quantitative estimate of drug-likeness (QED) is 0.612. The molecule has 0 radical (unpaired) electrons. The number of carbonyl (C=O) groups excluding carboxylic acids is 1. The minimum Gasteiger partial charge on any atom is -0.394 e. The van der Waals surface area contributed by atoms with Crippen molar-refractivity contribution in [1.29, 1.82) is 0 Å². The largest absolute Gasteiger partial charge is 0.394 e. The van der Waals surface area contributed by atoms with Gasteiger partial charge in [-0.25, -0.2) is 0 Å². The van der Waals surface area contributed by atoms with Crippen LogP contribution >= 0.6 is 0 Å². The lowest BCUT2D eigenvalue weighted by molar-refractivity contribution is -0.110. The van der Waals surface area contributed by atoms with Crippen molar-refractivity contribution in [3.05, 3.63) is 30.1 Å². The van der Waals surface area contributed by atoms with Gasteiger partial charge in [-0.15, -0.1) is 0 Å². The van der Waals surface area contributed by atoms with Crippen LogP contribution in [-0.4, -0.2) is 23.1 Å². The molecule has 0 saturated heterocycles. The van der Waals surface area contributed by atoms with Crippen LogP contribution in [0.15, 0.2) is 24.5 Å². The van der Waals surface area contributed by atoms with Gasteiger partial charge < -0.3 is 10.4 Å². The third kappa shape index (κ3) is 2.03. The van der Waals surface area contributed by atoms with Gasteiger partial charge in [0.05, 0.1) is 12.6 Å². The van der Waals surface area contributed by atoms with E-state index in [1.807, 2.05) is 0 Å². The second kappa shape index (κ2) is 4.46. The van der Waals surface area contributed by atoms with Gasteiger partial charge in [-0.1, -0.05) is 0 Å². The minimum atomic E-state index is -0.328. The SMILES string of the molecule is O=CN[C@H](CO)c1ccncc1. The van der Waals surface area contributed by atoms with Crippen molar-refractivity contribution >= 4 is 6.41 Å². The number of carbonyl (C=O) groups is 1. The lowest BCUT2D eigenvalue weighted by Crippen LogP contribution is -2.22. The number of nitrogens with zero attached hydrogens (tertiary/aromatic N) is 1. The number of amides is 1. The Hall–Kier alpha value is -1.42. The number of nitrogens with one attached hydrogen (secondary N) is 1. The molecule has 1 aromatic heterocycles. The Morgan fingerprint density at radius 1 is 1.58 bits per heavy atom. The van der Waals surface area contributed by atoms with Crippen molar-refractivity contribution in [1.82, 2.24) is 10.3 Å². The fraction of sp³-hybridized carbons (Fsp3) is 0.250. The number of hydrogen-bond donors (Lipinski definition) is 2. The van der Waals surface area contributed by atoms with E-state index in [1.54, 1.807) is 24.5 Å². The van der Waals surface area contributed by atoms with Crippen LogP contribution in [0.4, 0.5) is 0 Å². The highest BCUT2D eigenvalue weighted by molar-refractivity contribution is 5.47. The van der Waals surface area contributed by atoms with E-state index >= 15 is 0 Å². The summed E-state index contributed by atoms with van der Waals surface area (Å²) in [5, 5.41) is 11.4. The molecule has 4 heteroatoms. The van der Waals surface area contributed by atoms with E-state index in [2.05, 4.69) is 10.3 Å². The maximum atomic E-state index is 10.1. The van der Waals surface area contributed by atoms with Crippen molar-refractivity contribution in [2.24, 2.45) is 0 Å². The van der Waals surface area contributed by atoms with E-state index in [0.29, 0.717) is 6.41 Å². The van der Waals surface area contributed by atoms with Gasteiger partial charge in [0.1, 0.15) is 0 Å². The molecule has 1 atom stereocenters. The second-order valence-corrected chi connectivity index (χ2v) is 2.30. The number of hydrogen-bond acceptors (Lipinski definition) is 3. The van der Waals surface area contributed by atoms with Gasteiger partial charge in [-0.3, -0.25) is 9.78 Å². The van der Waals surface area contributed by atoms with Crippen LogP contribution in [-0.2, 0) is 4.79 Å². The van der Waals surface area contributed by atoms with Crippen LogP contribution in [0.25, 0.3) is 0 Å². The number of rotatable bonds is 4. The van der Waals surface area contributed by atoms with Gasteiger partial charge in [0, 0.05) is 12.4 Å². The molecule has 1 heterocycles. The molecule has 12 heavy (non-hydrogen) atoms. The highest BCUT2D eigenvalue weighted by Gasteiger charge is 2.06. The van der Waals surface area contributed by atoms with E-state index in [4.69, 9.17) is 5.11 Å². The van der Waals surface area contributed by atoms with E-state index in [0.717, 1.165) is 5.56 Å². The van der Waals surface area contributed by atoms with Crippen molar-refractivity contribution in [2.75, 3.05) is 6.61 Å². The predicted octanol–water partition coefficient (Wildman–Crippen LogP) is -0.139. The summed E-state index contributed by atoms with van der Waals surface area (Å²) in [6.07, 6.45) is 3.80. The highest BCUT2D eigenvalue weighted by atomic mass is 16.3. The number of pyridine rings is 1. The fourth-order valence-corrected chi connectivity index (χ4v) is 0.932. The van der Waals surface area contributed by atoms with Crippen LogP contribution < -0.4 is 5.32 Å². The van der Waals surface area contributed by atoms with Gasteiger partial charge in [0.25, 0.3) is 0 Å². The number of aliphatic hydroxyl groups is 1. The first-order valence-corrected chi connectivity index (χ1v) is 3.59. The normalized spacial score (nSPS) is 12.1. The number of aliphatic hydroxyl groups excluding tert-OH is 1. The van der Waals surface area contributed by atoms with Crippen LogP contribution in [0.3, 0.4) is 0 Å². The molecule has 0 aliphatic rings. The minimum absolute atomic E-state index is 0.108. The first kappa shape index (κ1) is 8.67. The van der Waals surface area contributed by atoms with E-state index in [1.165, 1.54) is 0 Å². The molecule has 0 bridgehead atoms. The zero-order valence-electron chi connectivity index (χ0n) is 6.47. The third-order valence-electron chi connectivity index (χ3n) is 1.56. The summed E-state index contributed by atoms with van der Waals surface area (Å²) in [5.74, 6) is 0. The molecule has 1 amide bonds. The Morgan fingerprint density at radius 2 is 2.25 bits per heavy atom. The monoisotopic (exact) mass is 166 g/mol. The zero-order valence-corrected chi connectivity index (χ0v) is 6.47. The van der Waals surface area contributed by atoms with E-state index in [-0.39, 0.29) is 12.6 Å².